The maximum atomic E-state index is 13.6. The molecule has 0 radical (unpaired) electrons. The van der Waals surface area contributed by atoms with E-state index < -0.39 is 23.6 Å². The molecule has 1 aliphatic rings. The minimum atomic E-state index is -0.823. The molecule has 4 nitrogen and oxygen atoms in total. The van der Waals surface area contributed by atoms with E-state index in [0.29, 0.717) is 22.2 Å². The second-order valence-corrected chi connectivity index (χ2v) is 7.71. The second-order valence-electron chi connectivity index (χ2n) is 7.71. The van der Waals surface area contributed by atoms with Crippen LogP contribution in [0.25, 0.3) is 11.0 Å². The molecule has 31 heavy (non-hydrogen) atoms. The number of carbonyl (C=O) groups excluding carboxylic acids is 1. The van der Waals surface area contributed by atoms with Gasteiger partial charge in [-0.25, -0.2) is 8.78 Å². The van der Waals surface area contributed by atoms with Crippen LogP contribution < -0.4 is 10.3 Å². The Kier molecular flexibility index (Phi) is 4.25. The van der Waals surface area contributed by atoms with Crippen molar-refractivity contribution >= 4 is 22.6 Å². The van der Waals surface area contributed by atoms with Crippen LogP contribution in [0.5, 0.6) is 0 Å². The van der Waals surface area contributed by atoms with Crippen LogP contribution in [0.3, 0.4) is 0 Å². The third kappa shape index (κ3) is 2.94. The van der Waals surface area contributed by atoms with Crippen molar-refractivity contribution in [3.63, 3.8) is 0 Å². The van der Waals surface area contributed by atoms with Crippen LogP contribution in [0.1, 0.15) is 38.9 Å². The highest BCUT2D eigenvalue weighted by Crippen LogP contribution is 2.41. The summed E-state index contributed by atoms with van der Waals surface area (Å²) in [5.74, 6) is -1.44. The van der Waals surface area contributed by atoms with Crippen molar-refractivity contribution in [2.24, 2.45) is 0 Å². The molecule has 0 saturated carbocycles. The Balaban J connectivity index is 1.82. The number of amides is 1. The first-order chi connectivity index (χ1) is 14.8. The molecule has 1 aliphatic heterocycles. The van der Waals surface area contributed by atoms with Gasteiger partial charge in [0.1, 0.15) is 17.2 Å². The highest BCUT2D eigenvalue weighted by atomic mass is 19.1. The first kappa shape index (κ1) is 19.2. The fraction of sp³-hybridized carbons (Fsp3) is 0.120. The molecular formula is C25H17F2NO3. The van der Waals surface area contributed by atoms with E-state index in [9.17, 15) is 18.4 Å². The van der Waals surface area contributed by atoms with Gasteiger partial charge in [-0.05, 0) is 79.1 Å². The van der Waals surface area contributed by atoms with Gasteiger partial charge in [0.2, 0.25) is 5.76 Å². The summed E-state index contributed by atoms with van der Waals surface area (Å²) in [7, 11) is 0. The minimum Gasteiger partial charge on any atom is -0.450 e. The molecule has 0 aliphatic carbocycles. The van der Waals surface area contributed by atoms with Crippen molar-refractivity contribution in [1.82, 2.24) is 0 Å². The molecule has 0 spiro atoms. The van der Waals surface area contributed by atoms with E-state index in [1.54, 1.807) is 12.1 Å². The minimum absolute atomic E-state index is 0.0561. The maximum absolute atomic E-state index is 13.6. The van der Waals surface area contributed by atoms with E-state index in [-0.39, 0.29) is 16.8 Å². The van der Waals surface area contributed by atoms with Crippen LogP contribution in [-0.2, 0) is 0 Å². The summed E-state index contributed by atoms with van der Waals surface area (Å²) in [4.78, 5) is 28.3. The van der Waals surface area contributed by atoms with E-state index in [4.69, 9.17) is 4.42 Å². The van der Waals surface area contributed by atoms with Gasteiger partial charge in [-0.2, -0.15) is 0 Å². The predicted molar refractivity (Wildman–Crippen MR) is 113 cm³/mol. The van der Waals surface area contributed by atoms with E-state index in [0.717, 1.165) is 11.1 Å². The number of fused-ring (bicyclic) bond motifs is 2. The average Bonchev–Trinajstić information content (AvgIpc) is 3.04. The van der Waals surface area contributed by atoms with Gasteiger partial charge in [0, 0.05) is 5.69 Å². The van der Waals surface area contributed by atoms with Crippen molar-refractivity contribution in [2.75, 3.05) is 4.90 Å². The molecule has 1 unspecified atom stereocenters. The van der Waals surface area contributed by atoms with Gasteiger partial charge < -0.3 is 4.42 Å². The molecular weight excluding hydrogens is 400 g/mol. The molecule has 5 rings (SSSR count). The molecule has 2 heterocycles. The van der Waals surface area contributed by atoms with Gasteiger partial charge in [0.25, 0.3) is 5.91 Å². The average molecular weight is 417 g/mol. The van der Waals surface area contributed by atoms with Gasteiger partial charge in [-0.1, -0.05) is 12.1 Å². The molecule has 1 aromatic heterocycles. The molecule has 154 valence electrons. The number of rotatable bonds is 2. The topological polar surface area (TPSA) is 50.5 Å². The third-order valence-electron chi connectivity index (χ3n) is 5.78. The summed E-state index contributed by atoms with van der Waals surface area (Å²) >= 11 is 0. The Morgan fingerprint density at radius 1 is 0.839 bits per heavy atom. The summed E-state index contributed by atoms with van der Waals surface area (Å²) < 4.78 is 33.0. The fourth-order valence-corrected chi connectivity index (χ4v) is 4.06. The molecule has 0 saturated heterocycles. The Hall–Kier alpha value is -3.80. The fourth-order valence-electron chi connectivity index (χ4n) is 4.06. The summed E-state index contributed by atoms with van der Waals surface area (Å²) in [6.07, 6.45) is 0. The molecule has 0 N–H and O–H groups in total. The first-order valence-corrected chi connectivity index (χ1v) is 9.77. The van der Waals surface area contributed by atoms with Crippen molar-refractivity contribution < 1.29 is 18.0 Å². The van der Waals surface area contributed by atoms with E-state index in [2.05, 4.69) is 0 Å². The lowest BCUT2D eigenvalue weighted by Crippen LogP contribution is -2.29. The number of benzene rings is 3. The van der Waals surface area contributed by atoms with E-state index >= 15 is 0 Å². The lowest BCUT2D eigenvalue weighted by atomic mass is 9.97. The number of anilines is 1. The highest BCUT2D eigenvalue weighted by Gasteiger charge is 2.43. The molecule has 6 heteroatoms. The molecule has 1 amide bonds. The third-order valence-corrected chi connectivity index (χ3v) is 5.78. The smallest absolute Gasteiger partial charge is 0.295 e. The summed E-state index contributed by atoms with van der Waals surface area (Å²) in [6.45, 7) is 3.80. The number of halogens is 2. The number of carbonyl (C=O) groups is 1. The van der Waals surface area contributed by atoms with Crippen molar-refractivity contribution in [2.45, 2.75) is 19.9 Å². The van der Waals surface area contributed by atoms with Crippen LogP contribution >= 0.6 is 0 Å². The number of hydrogen-bond acceptors (Lipinski definition) is 3. The molecule has 0 fully saturated rings. The van der Waals surface area contributed by atoms with Gasteiger partial charge >= 0.3 is 0 Å². The molecule has 0 bridgehead atoms. The van der Waals surface area contributed by atoms with E-state index in [1.165, 1.54) is 53.4 Å². The maximum Gasteiger partial charge on any atom is 0.295 e. The van der Waals surface area contributed by atoms with E-state index in [1.807, 2.05) is 13.8 Å². The monoisotopic (exact) mass is 417 g/mol. The van der Waals surface area contributed by atoms with Crippen LogP contribution in [0.2, 0.25) is 0 Å². The van der Waals surface area contributed by atoms with Crippen molar-refractivity contribution in [3.05, 3.63) is 111 Å². The number of nitrogens with zero attached hydrogens (tertiary/aromatic N) is 1. The Morgan fingerprint density at radius 3 is 2.06 bits per heavy atom. The van der Waals surface area contributed by atoms with Gasteiger partial charge in [0.05, 0.1) is 17.0 Å². The Bertz CT molecular complexity index is 1410. The Morgan fingerprint density at radius 2 is 1.42 bits per heavy atom. The lowest BCUT2D eigenvalue weighted by Gasteiger charge is -2.25. The summed E-state index contributed by atoms with van der Waals surface area (Å²) in [5, 5.41) is 0.378. The predicted octanol–water partition coefficient (Wildman–Crippen LogP) is 5.44. The standard InChI is InChI=1S/C25H17F2NO3/c1-13-11-19-20(12-14(13)2)31-24-21(23(19)29)22(15-3-5-16(26)6-4-15)28(25(24)30)18-9-7-17(27)8-10-18/h3-12,22H,1-2H3. The zero-order valence-electron chi connectivity index (χ0n) is 16.8. The molecule has 3 aromatic carbocycles. The summed E-state index contributed by atoms with van der Waals surface area (Å²) in [6, 6.07) is 13.7. The van der Waals surface area contributed by atoms with Crippen molar-refractivity contribution in [3.8, 4) is 0 Å². The molecule has 1 atom stereocenters. The normalized spacial score (nSPS) is 15.5. The van der Waals surface area contributed by atoms with Gasteiger partial charge in [-0.3, -0.25) is 14.5 Å². The first-order valence-electron chi connectivity index (χ1n) is 9.77. The highest BCUT2D eigenvalue weighted by molar-refractivity contribution is 6.10. The van der Waals surface area contributed by atoms with Crippen LogP contribution in [0, 0.1) is 25.5 Å². The molecule has 4 aromatic rings. The van der Waals surface area contributed by atoms with Crippen molar-refractivity contribution in [1.29, 1.82) is 0 Å². The van der Waals surface area contributed by atoms with Crippen LogP contribution in [0.15, 0.2) is 69.9 Å². The number of aryl methyl sites for hydroxylation is 2. The van der Waals surface area contributed by atoms with Crippen LogP contribution in [0.4, 0.5) is 14.5 Å². The van der Waals surface area contributed by atoms with Gasteiger partial charge in [0.15, 0.2) is 5.43 Å². The van der Waals surface area contributed by atoms with Gasteiger partial charge in [-0.15, -0.1) is 0 Å². The number of hydrogen-bond donors (Lipinski definition) is 0. The zero-order chi connectivity index (χ0) is 21.9. The Labute approximate surface area is 176 Å². The quantitative estimate of drug-likeness (QED) is 0.437. The second kappa shape index (κ2) is 6.87. The largest absolute Gasteiger partial charge is 0.450 e. The van der Waals surface area contributed by atoms with Crippen LogP contribution in [-0.4, -0.2) is 5.91 Å². The summed E-state index contributed by atoms with van der Waals surface area (Å²) in [5.41, 5.74) is 3.03. The SMILES string of the molecule is Cc1cc2oc3c(c(=O)c2cc1C)C(c1ccc(F)cc1)N(c1ccc(F)cc1)C3=O. The zero-order valence-corrected chi connectivity index (χ0v) is 16.8. The lowest BCUT2D eigenvalue weighted by molar-refractivity contribution is 0.0971.